The van der Waals surface area contributed by atoms with Crippen LogP contribution in [0.15, 0.2) is 18.2 Å². The Bertz CT molecular complexity index is 414. The van der Waals surface area contributed by atoms with E-state index in [-0.39, 0.29) is 5.82 Å². The lowest BCUT2D eigenvalue weighted by atomic mass is 9.96. The number of likely N-dealkylation sites (tertiary alicyclic amines) is 1. The maximum atomic E-state index is 14.0. The summed E-state index contributed by atoms with van der Waals surface area (Å²) >= 11 is 0. The van der Waals surface area contributed by atoms with E-state index in [0.29, 0.717) is 18.2 Å². The molecule has 0 atom stereocenters. The van der Waals surface area contributed by atoms with Crippen molar-refractivity contribution in [1.82, 2.24) is 4.90 Å². The van der Waals surface area contributed by atoms with Gasteiger partial charge in [0.15, 0.2) is 0 Å². The van der Waals surface area contributed by atoms with Gasteiger partial charge in [0.25, 0.3) is 0 Å². The van der Waals surface area contributed by atoms with Crippen LogP contribution in [-0.2, 0) is 6.54 Å². The summed E-state index contributed by atoms with van der Waals surface area (Å²) in [6, 6.07) is 5.29. The van der Waals surface area contributed by atoms with Gasteiger partial charge in [0.05, 0.1) is 5.69 Å². The van der Waals surface area contributed by atoms with Crippen LogP contribution in [0.25, 0.3) is 0 Å². The quantitative estimate of drug-likeness (QED) is 0.904. The van der Waals surface area contributed by atoms with Crippen molar-refractivity contribution >= 4 is 5.69 Å². The molecule has 1 aromatic rings. The second-order valence-electron chi connectivity index (χ2n) is 5.62. The molecule has 0 unspecified atom stereocenters. The number of piperidine rings is 1. The molecule has 1 fully saturated rings. The molecule has 1 heterocycles. The highest BCUT2D eigenvalue weighted by Gasteiger charge is 2.19. The van der Waals surface area contributed by atoms with E-state index in [1.54, 1.807) is 6.07 Å². The summed E-state index contributed by atoms with van der Waals surface area (Å²) in [5, 5.41) is 0. The molecular formula is C15H24FN3. The smallest absolute Gasteiger partial charge is 0.146 e. The molecule has 0 aliphatic carbocycles. The molecule has 0 bridgehead atoms. The Morgan fingerprint density at radius 3 is 2.63 bits per heavy atom. The van der Waals surface area contributed by atoms with Crippen molar-refractivity contribution in [3.8, 4) is 0 Å². The second-order valence-corrected chi connectivity index (χ2v) is 5.62. The van der Waals surface area contributed by atoms with Crippen molar-refractivity contribution in [2.45, 2.75) is 19.4 Å². The summed E-state index contributed by atoms with van der Waals surface area (Å²) in [4.78, 5) is 4.39. The van der Waals surface area contributed by atoms with E-state index in [1.807, 2.05) is 24.1 Å². The zero-order valence-corrected chi connectivity index (χ0v) is 11.9. The van der Waals surface area contributed by atoms with Crippen molar-refractivity contribution in [3.63, 3.8) is 0 Å². The number of nitrogens with two attached hydrogens (primary N) is 1. The van der Waals surface area contributed by atoms with E-state index in [2.05, 4.69) is 11.9 Å². The van der Waals surface area contributed by atoms with E-state index in [1.165, 1.54) is 12.8 Å². The van der Waals surface area contributed by atoms with E-state index >= 15 is 0 Å². The fraction of sp³-hybridized carbons (Fsp3) is 0.600. The Labute approximate surface area is 115 Å². The first-order valence-corrected chi connectivity index (χ1v) is 6.98. The molecule has 1 aliphatic rings. The van der Waals surface area contributed by atoms with Crippen LogP contribution in [-0.4, -0.2) is 38.6 Å². The molecule has 0 spiro atoms. The third kappa shape index (κ3) is 3.67. The average Bonchev–Trinajstić information content (AvgIpc) is 2.41. The summed E-state index contributed by atoms with van der Waals surface area (Å²) in [5.74, 6) is 0.494. The summed E-state index contributed by atoms with van der Waals surface area (Å²) in [7, 11) is 4.13. The molecule has 2 N–H and O–H groups in total. The van der Waals surface area contributed by atoms with Gasteiger partial charge in [-0.3, -0.25) is 0 Å². The van der Waals surface area contributed by atoms with Gasteiger partial charge >= 0.3 is 0 Å². The zero-order chi connectivity index (χ0) is 13.8. The number of hydrogen-bond acceptors (Lipinski definition) is 3. The monoisotopic (exact) mass is 265 g/mol. The van der Waals surface area contributed by atoms with Gasteiger partial charge < -0.3 is 15.5 Å². The average molecular weight is 265 g/mol. The highest BCUT2D eigenvalue weighted by molar-refractivity contribution is 5.48. The predicted molar refractivity (Wildman–Crippen MR) is 77.8 cm³/mol. The Balaban J connectivity index is 1.97. The van der Waals surface area contributed by atoms with Gasteiger partial charge in [-0.05, 0) is 56.6 Å². The fourth-order valence-electron chi connectivity index (χ4n) is 2.72. The first-order valence-electron chi connectivity index (χ1n) is 6.98. The van der Waals surface area contributed by atoms with E-state index in [0.717, 1.165) is 25.2 Å². The summed E-state index contributed by atoms with van der Waals surface area (Å²) < 4.78 is 14.0. The molecule has 0 saturated carbocycles. The predicted octanol–water partition coefficient (Wildman–Crippen LogP) is 2.06. The largest absolute Gasteiger partial charge is 0.372 e. The van der Waals surface area contributed by atoms with Gasteiger partial charge in [-0.2, -0.15) is 0 Å². The second kappa shape index (κ2) is 6.35. The van der Waals surface area contributed by atoms with Gasteiger partial charge in [0, 0.05) is 20.1 Å². The van der Waals surface area contributed by atoms with Crippen molar-refractivity contribution in [1.29, 1.82) is 0 Å². The van der Waals surface area contributed by atoms with Crippen molar-refractivity contribution in [2.24, 2.45) is 11.7 Å². The van der Waals surface area contributed by atoms with Crippen LogP contribution in [0.3, 0.4) is 0 Å². The van der Waals surface area contributed by atoms with E-state index in [4.69, 9.17) is 5.73 Å². The number of rotatable bonds is 4. The van der Waals surface area contributed by atoms with Crippen LogP contribution < -0.4 is 10.6 Å². The van der Waals surface area contributed by atoms with Gasteiger partial charge in [-0.25, -0.2) is 4.39 Å². The van der Waals surface area contributed by atoms with Crippen molar-refractivity contribution in [2.75, 3.05) is 38.6 Å². The molecule has 1 saturated heterocycles. The Morgan fingerprint density at radius 2 is 2.05 bits per heavy atom. The number of anilines is 1. The van der Waals surface area contributed by atoms with Crippen LogP contribution in [0, 0.1) is 11.7 Å². The SMILES string of the molecule is CN1CCC(CN(C)c2ccc(CN)cc2F)CC1. The molecule has 0 aromatic heterocycles. The summed E-state index contributed by atoms with van der Waals surface area (Å²) in [6.07, 6.45) is 2.40. The Morgan fingerprint density at radius 1 is 1.37 bits per heavy atom. The van der Waals surface area contributed by atoms with Crippen LogP contribution >= 0.6 is 0 Å². The molecule has 4 heteroatoms. The van der Waals surface area contributed by atoms with Crippen molar-refractivity contribution < 1.29 is 4.39 Å². The molecule has 106 valence electrons. The number of nitrogens with zero attached hydrogens (tertiary/aromatic N) is 2. The molecule has 1 aromatic carbocycles. The number of halogens is 1. The minimum atomic E-state index is -0.168. The standard InChI is InChI=1S/C15H24FN3/c1-18-7-5-12(6-8-18)11-19(2)15-4-3-13(10-17)9-14(15)16/h3-4,9,12H,5-8,10-11,17H2,1-2H3. The zero-order valence-electron chi connectivity index (χ0n) is 11.9. The minimum absolute atomic E-state index is 0.168. The van der Waals surface area contributed by atoms with Gasteiger partial charge in [0.1, 0.15) is 5.82 Å². The number of hydrogen-bond donors (Lipinski definition) is 1. The van der Waals surface area contributed by atoms with Crippen molar-refractivity contribution in [3.05, 3.63) is 29.6 Å². The lowest BCUT2D eigenvalue weighted by Crippen LogP contribution is -2.36. The number of benzene rings is 1. The molecule has 3 nitrogen and oxygen atoms in total. The highest BCUT2D eigenvalue weighted by Crippen LogP contribution is 2.23. The van der Waals surface area contributed by atoms with Gasteiger partial charge in [-0.1, -0.05) is 6.07 Å². The molecule has 0 radical (unpaired) electrons. The fourth-order valence-corrected chi connectivity index (χ4v) is 2.72. The van der Waals surface area contributed by atoms with E-state index < -0.39 is 0 Å². The minimum Gasteiger partial charge on any atom is -0.372 e. The first kappa shape index (κ1) is 14.3. The third-order valence-corrected chi connectivity index (χ3v) is 4.03. The highest BCUT2D eigenvalue weighted by atomic mass is 19.1. The lowest BCUT2D eigenvalue weighted by molar-refractivity contribution is 0.222. The normalized spacial score (nSPS) is 17.7. The Kier molecular flexibility index (Phi) is 4.77. The molecule has 19 heavy (non-hydrogen) atoms. The van der Waals surface area contributed by atoms with Crippen LogP contribution in [0.1, 0.15) is 18.4 Å². The summed E-state index contributed by atoms with van der Waals surface area (Å²) in [5.41, 5.74) is 7.04. The Hall–Kier alpha value is -1.13. The molecular weight excluding hydrogens is 241 g/mol. The summed E-state index contributed by atoms with van der Waals surface area (Å²) in [6.45, 7) is 3.60. The van der Waals surface area contributed by atoms with Gasteiger partial charge in [0.2, 0.25) is 0 Å². The van der Waals surface area contributed by atoms with Gasteiger partial charge in [-0.15, -0.1) is 0 Å². The third-order valence-electron chi connectivity index (χ3n) is 4.03. The van der Waals surface area contributed by atoms with E-state index in [9.17, 15) is 4.39 Å². The molecule has 2 rings (SSSR count). The molecule has 0 amide bonds. The van der Waals surface area contributed by atoms with Crippen LogP contribution in [0.2, 0.25) is 0 Å². The maximum Gasteiger partial charge on any atom is 0.146 e. The molecule has 1 aliphatic heterocycles. The maximum absolute atomic E-state index is 14.0. The van der Waals surface area contributed by atoms with Crippen LogP contribution in [0.4, 0.5) is 10.1 Å². The topological polar surface area (TPSA) is 32.5 Å². The lowest BCUT2D eigenvalue weighted by Gasteiger charge is -2.32. The van der Waals surface area contributed by atoms with Crippen LogP contribution in [0.5, 0.6) is 0 Å². The first-order chi connectivity index (χ1) is 9.10.